The summed E-state index contributed by atoms with van der Waals surface area (Å²) in [5, 5.41) is 3.88. The normalized spacial score (nSPS) is 28.4. The molecule has 0 aromatic carbocycles. The molecule has 0 aromatic rings. The molecule has 2 heteroatoms. The van der Waals surface area contributed by atoms with Crippen LogP contribution in [0.1, 0.15) is 77.6 Å². The Balaban J connectivity index is 1.48. The maximum atomic E-state index is 3.88. The van der Waals surface area contributed by atoms with E-state index in [1.807, 2.05) is 0 Å². The minimum atomic E-state index is 0.769. The number of nitrogens with zero attached hydrogens (tertiary/aromatic N) is 1. The molecule has 1 spiro atoms. The molecule has 21 heavy (non-hydrogen) atoms. The summed E-state index contributed by atoms with van der Waals surface area (Å²) in [6.45, 7) is 7.57. The van der Waals surface area contributed by atoms with Gasteiger partial charge in [0, 0.05) is 12.6 Å². The van der Waals surface area contributed by atoms with Gasteiger partial charge in [-0.3, -0.25) is 0 Å². The van der Waals surface area contributed by atoms with Gasteiger partial charge in [0.2, 0.25) is 0 Å². The molecular formula is C19H36N2. The molecule has 3 rings (SSSR count). The van der Waals surface area contributed by atoms with Gasteiger partial charge in [-0.1, -0.05) is 32.6 Å². The Kier molecular flexibility index (Phi) is 5.61. The van der Waals surface area contributed by atoms with Crippen LogP contribution in [0.4, 0.5) is 0 Å². The van der Waals surface area contributed by atoms with Crippen molar-refractivity contribution in [2.45, 2.75) is 83.6 Å². The minimum Gasteiger partial charge on any atom is -0.312 e. The van der Waals surface area contributed by atoms with Crippen LogP contribution < -0.4 is 5.32 Å². The summed E-state index contributed by atoms with van der Waals surface area (Å²) in [5.74, 6) is 0.957. The predicted octanol–water partition coefficient (Wildman–Crippen LogP) is 4.20. The van der Waals surface area contributed by atoms with Crippen LogP contribution in [0, 0.1) is 11.3 Å². The fourth-order valence-electron chi connectivity index (χ4n) is 5.18. The van der Waals surface area contributed by atoms with Crippen LogP contribution in [0.15, 0.2) is 0 Å². The van der Waals surface area contributed by atoms with E-state index in [-0.39, 0.29) is 0 Å². The third-order valence-corrected chi connectivity index (χ3v) is 6.66. The Morgan fingerprint density at radius 2 is 1.67 bits per heavy atom. The van der Waals surface area contributed by atoms with Gasteiger partial charge < -0.3 is 10.2 Å². The lowest BCUT2D eigenvalue weighted by Crippen LogP contribution is -2.48. The molecule has 1 unspecified atom stereocenters. The lowest BCUT2D eigenvalue weighted by Gasteiger charge is -2.41. The summed E-state index contributed by atoms with van der Waals surface area (Å²) in [5.41, 5.74) is 0.774. The van der Waals surface area contributed by atoms with E-state index in [1.54, 1.807) is 0 Å². The summed E-state index contributed by atoms with van der Waals surface area (Å²) in [6.07, 6.45) is 16.2. The van der Waals surface area contributed by atoms with Crippen molar-refractivity contribution in [1.29, 1.82) is 0 Å². The van der Waals surface area contributed by atoms with Crippen LogP contribution in [0.3, 0.4) is 0 Å². The fraction of sp³-hybridized carbons (Fsp3) is 1.00. The van der Waals surface area contributed by atoms with E-state index in [9.17, 15) is 0 Å². The molecule has 1 heterocycles. The van der Waals surface area contributed by atoms with Crippen molar-refractivity contribution in [2.24, 2.45) is 11.3 Å². The molecule has 2 aliphatic carbocycles. The summed E-state index contributed by atoms with van der Waals surface area (Å²) in [6, 6.07) is 0.769. The first-order valence-electron chi connectivity index (χ1n) is 9.77. The van der Waals surface area contributed by atoms with Crippen LogP contribution >= 0.6 is 0 Å². The van der Waals surface area contributed by atoms with E-state index >= 15 is 0 Å². The molecule has 0 bridgehead atoms. The summed E-state index contributed by atoms with van der Waals surface area (Å²) in [4.78, 5) is 2.79. The number of hydrogen-bond acceptors (Lipinski definition) is 2. The Hall–Kier alpha value is -0.0800. The van der Waals surface area contributed by atoms with E-state index in [0.29, 0.717) is 0 Å². The molecule has 0 amide bonds. The van der Waals surface area contributed by atoms with Crippen molar-refractivity contribution >= 4 is 0 Å². The van der Waals surface area contributed by atoms with Gasteiger partial charge in [-0.15, -0.1) is 0 Å². The molecule has 122 valence electrons. The van der Waals surface area contributed by atoms with Crippen LogP contribution in [-0.4, -0.2) is 37.1 Å². The number of piperidine rings is 1. The number of likely N-dealkylation sites (tertiary alicyclic amines) is 1. The number of hydrogen-bond donors (Lipinski definition) is 1. The topological polar surface area (TPSA) is 15.3 Å². The van der Waals surface area contributed by atoms with Crippen LogP contribution in [0.5, 0.6) is 0 Å². The second-order valence-electron chi connectivity index (χ2n) is 8.11. The number of rotatable bonds is 6. The summed E-state index contributed by atoms with van der Waals surface area (Å²) < 4.78 is 0. The second-order valence-corrected chi connectivity index (χ2v) is 8.11. The maximum Gasteiger partial charge on any atom is 0.0223 e. The van der Waals surface area contributed by atoms with E-state index in [4.69, 9.17) is 0 Å². The molecule has 0 aromatic heterocycles. The van der Waals surface area contributed by atoms with E-state index in [2.05, 4.69) is 17.1 Å². The van der Waals surface area contributed by atoms with Crippen molar-refractivity contribution in [2.75, 3.05) is 26.2 Å². The number of nitrogens with one attached hydrogen (secondary N) is 1. The molecular weight excluding hydrogens is 256 g/mol. The predicted molar refractivity (Wildman–Crippen MR) is 90.6 cm³/mol. The largest absolute Gasteiger partial charge is 0.312 e. The van der Waals surface area contributed by atoms with E-state index in [1.165, 1.54) is 96.8 Å². The first kappa shape index (κ1) is 15.8. The van der Waals surface area contributed by atoms with E-state index < -0.39 is 0 Å². The van der Waals surface area contributed by atoms with Crippen molar-refractivity contribution < 1.29 is 0 Å². The zero-order valence-electron chi connectivity index (χ0n) is 14.2. The van der Waals surface area contributed by atoms with Gasteiger partial charge in [0.1, 0.15) is 0 Å². The molecule has 1 N–H and O–H groups in total. The molecule has 1 atom stereocenters. The Labute approximate surface area is 132 Å². The van der Waals surface area contributed by atoms with Crippen molar-refractivity contribution in [3.8, 4) is 0 Å². The molecule has 1 saturated heterocycles. The van der Waals surface area contributed by atoms with Gasteiger partial charge in [0.25, 0.3) is 0 Å². The quantitative estimate of drug-likeness (QED) is 0.789. The zero-order valence-corrected chi connectivity index (χ0v) is 14.2. The van der Waals surface area contributed by atoms with Crippen molar-refractivity contribution in [1.82, 2.24) is 10.2 Å². The molecule has 1 aliphatic heterocycles. The zero-order chi connectivity index (χ0) is 14.5. The van der Waals surface area contributed by atoms with Crippen molar-refractivity contribution in [3.63, 3.8) is 0 Å². The lowest BCUT2D eigenvalue weighted by molar-refractivity contribution is 0.0932. The molecule has 2 nitrogen and oxygen atoms in total. The van der Waals surface area contributed by atoms with Gasteiger partial charge >= 0.3 is 0 Å². The highest BCUT2D eigenvalue weighted by Crippen LogP contribution is 2.46. The van der Waals surface area contributed by atoms with Gasteiger partial charge in [0.15, 0.2) is 0 Å². The minimum absolute atomic E-state index is 0.769. The monoisotopic (exact) mass is 292 g/mol. The molecule has 0 radical (unpaired) electrons. The first-order chi connectivity index (χ1) is 10.3. The summed E-state index contributed by atoms with van der Waals surface area (Å²) in [7, 11) is 0. The SMILES string of the molecule is CCCNC(CN1CCC2(CCCC2)CC1)C1CCCC1. The Morgan fingerprint density at radius 1 is 1.00 bits per heavy atom. The molecule has 2 saturated carbocycles. The van der Waals surface area contributed by atoms with Gasteiger partial charge in [-0.25, -0.2) is 0 Å². The lowest BCUT2D eigenvalue weighted by atomic mass is 9.77. The second kappa shape index (κ2) is 7.46. The molecule has 3 aliphatic rings. The average molecular weight is 293 g/mol. The third kappa shape index (κ3) is 4.01. The third-order valence-electron chi connectivity index (χ3n) is 6.66. The standard InChI is InChI=1S/C19H36N2/c1-2-13-20-18(17-7-3-4-8-17)16-21-14-11-19(12-15-21)9-5-6-10-19/h17-18,20H,2-16H2,1H3. The Bertz CT molecular complexity index is 293. The van der Waals surface area contributed by atoms with Crippen molar-refractivity contribution in [3.05, 3.63) is 0 Å². The van der Waals surface area contributed by atoms with Gasteiger partial charge in [-0.05, 0) is 75.9 Å². The van der Waals surface area contributed by atoms with Gasteiger partial charge in [-0.2, -0.15) is 0 Å². The van der Waals surface area contributed by atoms with Gasteiger partial charge in [0.05, 0.1) is 0 Å². The van der Waals surface area contributed by atoms with Crippen LogP contribution in [0.2, 0.25) is 0 Å². The van der Waals surface area contributed by atoms with Crippen LogP contribution in [-0.2, 0) is 0 Å². The summed E-state index contributed by atoms with van der Waals surface area (Å²) >= 11 is 0. The molecule has 3 fully saturated rings. The highest BCUT2D eigenvalue weighted by molar-refractivity contribution is 4.91. The smallest absolute Gasteiger partial charge is 0.0223 e. The van der Waals surface area contributed by atoms with Crippen LogP contribution in [0.25, 0.3) is 0 Å². The fourth-order valence-corrected chi connectivity index (χ4v) is 5.18. The highest BCUT2D eigenvalue weighted by Gasteiger charge is 2.37. The van der Waals surface area contributed by atoms with E-state index in [0.717, 1.165) is 17.4 Å². The Morgan fingerprint density at radius 3 is 2.29 bits per heavy atom. The maximum absolute atomic E-state index is 3.88. The first-order valence-corrected chi connectivity index (χ1v) is 9.77. The average Bonchev–Trinajstić information content (AvgIpc) is 3.18. The highest BCUT2D eigenvalue weighted by atomic mass is 15.2.